The average Bonchev–Trinajstić information content (AvgIpc) is 3.10. The number of hydrogen-bond acceptors (Lipinski definition) is 5. The minimum Gasteiger partial charge on any atom is -0.396 e. The van der Waals surface area contributed by atoms with Gasteiger partial charge in [-0.05, 0) is 19.3 Å². The van der Waals surface area contributed by atoms with E-state index in [-0.39, 0.29) is 30.9 Å². The van der Waals surface area contributed by atoms with Crippen LogP contribution in [0.2, 0.25) is 0 Å². The highest BCUT2D eigenvalue weighted by Gasteiger charge is 2.75. The van der Waals surface area contributed by atoms with Gasteiger partial charge >= 0.3 is 0 Å². The minimum absolute atomic E-state index is 0.0774. The number of ether oxygens (including phenoxy) is 1. The fraction of sp³-hybridized carbons (Fsp3) is 0.720. The van der Waals surface area contributed by atoms with Gasteiger partial charge in [-0.1, -0.05) is 51.0 Å². The molecular formula is C25H37N3O5. The second-order valence-electron chi connectivity index (χ2n) is 9.75. The molecule has 4 rings (SSSR count). The number of aliphatic hydroxyl groups is 1. The van der Waals surface area contributed by atoms with E-state index in [0.29, 0.717) is 32.5 Å². The van der Waals surface area contributed by atoms with Crippen molar-refractivity contribution in [3.63, 3.8) is 0 Å². The Bertz CT molecular complexity index is 857. The Hall–Kier alpha value is -2.19. The lowest BCUT2D eigenvalue weighted by atomic mass is 9.73. The number of likely N-dealkylation sites (N-methyl/N-ethyl adjacent to an activating group) is 1. The van der Waals surface area contributed by atoms with Crippen LogP contribution in [0.15, 0.2) is 24.3 Å². The second kappa shape index (κ2) is 9.22. The van der Waals surface area contributed by atoms with Gasteiger partial charge in [-0.15, -0.1) is 0 Å². The van der Waals surface area contributed by atoms with Crippen LogP contribution in [0.5, 0.6) is 0 Å². The van der Waals surface area contributed by atoms with Gasteiger partial charge in [0, 0.05) is 39.8 Å². The van der Waals surface area contributed by atoms with Crippen LogP contribution >= 0.6 is 0 Å². The van der Waals surface area contributed by atoms with Gasteiger partial charge in [0.25, 0.3) is 0 Å². The van der Waals surface area contributed by atoms with Crippen LogP contribution in [0.4, 0.5) is 0 Å². The van der Waals surface area contributed by atoms with E-state index in [4.69, 9.17) is 4.74 Å². The predicted molar refractivity (Wildman–Crippen MR) is 123 cm³/mol. The monoisotopic (exact) mass is 459 g/mol. The Balaban J connectivity index is 1.81. The molecule has 0 aliphatic carbocycles. The van der Waals surface area contributed by atoms with E-state index < -0.39 is 29.1 Å². The Morgan fingerprint density at radius 2 is 1.73 bits per heavy atom. The van der Waals surface area contributed by atoms with Crippen molar-refractivity contribution < 1.29 is 24.2 Å². The highest BCUT2D eigenvalue weighted by molar-refractivity contribution is 6.00. The molecule has 2 fully saturated rings. The molecule has 0 radical (unpaired) electrons. The van der Waals surface area contributed by atoms with E-state index in [1.165, 1.54) is 0 Å². The van der Waals surface area contributed by atoms with Crippen LogP contribution in [-0.2, 0) is 19.1 Å². The van der Waals surface area contributed by atoms with Crippen LogP contribution < -0.4 is 0 Å². The Labute approximate surface area is 196 Å². The quantitative estimate of drug-likeness (QED) is 0.437. The molecule has 0 aromatic rings. The maximum absolute atomic E-state index is 13.9. The summed E-state index contributed by atoms with van der Waals surface area (Å²) in [5.74, 6) is -1.93. The zero-order chi connectivity index (χ0) is 23.8. The maximum atomic E-state index is 13.9. The molecule has 182 valence electrons. The normalized spacial score (nSPS) is 35.6. The first kappa shape index (κ1) is 24.0. The van der Waals surface area contributed by atoms with Gasteiger partial charge in [0.1, 0.15) is 11.6 Å². The Morgan fingerprint density at radius 1 is 0.970 bits per heavy atom. The van der Waals surface area contributed by atoms with E-state index >= 15 is 0 Å². The van der Waals surface area contributed by atoms with Crippen LogP contribution in [-0.4, -0.2) is 94.6 Å². The smallest absolute Gasteiger partial charge is 0.249 e. The molecular weight excluding hydrogens is 422 g/mol. The second-order valence-corrected chi connectivity index (χ2v) is 9.75. The first-order chi connectivity index (χ1) is 15.9. The Morgan fingerprint density at radius 3 is 2.42 bits per heavy atom. The van der Waals surface area contributed by atoms with E-state index in [0.717, 1.165) is 19.3 Å². The molecule has 1 N–H and O–H groups in total. The molecule has 4 heterocycles. The van der Waals surface area contributed by atoms with Gasteiger partial charge in [0.05, 0.1) is 17.4 Å². The Kier molecular flexibility index (Phi) is 6.69. The molecule has 33 heavy (non-hydrogen) atoms. The molecule has 0 aromatic carbocycles. The fourth-order valence-corrected chi connectivity index (χ4v) is 6.16. The summed E-state index contributed by atoms with van der Waals surface area (Å²) in [4.78, 5) is 46.4. The summed E-state index contributed by atoms with van der Waals surface area (Å²) in [5, 5.41) is 9.46. The number of carbonyl (C=O) groups is 3. The van der Waals surface area contributed by atoms with Gasteiger partial charge in [0.15, 0.2) is 0 Å². The summed E-state index contributed by atoms with van der Waals surface area (Å²) in [6.45, 7) is 5.83. The van der Waals surface area contributed by atoms with Crippen molar-refractivity contribution in [1.29, 1.82) is 0 Å². The summed E-state index contributed by atoms with van der Waals surface area (Å²) in [6, 6.07) is -0.830. The number of rotatable bonds is 8. The van der Waals surface area contributed by atoms with Crippen molar-refractivity contribution in [2.24, 2.45) is 11.8 Å². The summed E-state index contributed by atoms with van der Waals surface area (Å²) < 4.78 is 6.83. The SMILES string of the molecule is CCCCCN1CC=C[C@]23O[C@@]4(CC)C=CCN(C)C(=O)[C@H]4[C@H]2C(=O)N(CCCO)C3C1=O. The summed E-state index contributed by atoms with van der Waals surface area (Å²) in [7, 11) is 1.74. The highest BCUT2D eigenvalue weighted by Crippen LogP contribution is 2.58. The molecule has 0 bridgehead atoms. The van der Waals surface area contributed by atoms with Crippen LogP contribution in [0.1, 0.15) is 46.0 Å². The molecule has 1 unspecified atom stereocenters. The molecule has 2 saturated heterocycles. The van der Waals surface area contributed by atoms with Crippen LogP contribution in [0.3, 0.4) is 0 Å². The summed E-state index contributed by atoms with van der Waals surface area (Å²) >= 11 is 0. The van der Waals surface area contributed by atoms with Gasteiger partial charge in [-0.2, -0.15) is 0 Å². The standard InChI is InChI=1S/C25H37N3O5/c1-4-6-7-14-27-15-9-12-25-19(22(31)28(16-10-17-29)20(25)23(27)32)18-21(30)26(3)13-8-11-24(18,5-2)33-25/h8-9,11-12,18-20,29H,4-7,10,13-17H2,1-3H3/t18-,19+,20?,24+,25+/m1/s1. The number of hydrogen-bond donors (Lipinski definition) is 1. The maximum Gasteiger partial charge on any atom is 0.249 e. The average molecular weight is 460 g/mol. The molecule has 0 aromatic heterocycles. The third-order valence-electron chi connectivity index (χ3n) is 7.81. The number of carbonyl (C=O) groups excluding carboxylic acids is 3. The van der Waals surface area contributed by atoms with Crippen molar-refractivity contribution in [2.75, 3.05) is 39.8 Å². The highest BCUT2D eigenvalue weighted by atomic mass is 16.5. The molecule has 4 aliphatic rings. The minimum atomic E-state index is -1.19. The van der Waals surface area contributed by atoms with Crippen molar-refractivity contribution in [2.45, 2.75) is 63.2 Å². The van der Waals surface area contributed by atoms with Gasteiger partial charge in [-0.3, -0.25) is 14.4 Å². The molecule has 8 nitrogen and oxygen atoms in total. The molecule has 3 amide bonds. The van der Waals surface area contributed by atoms with E-state index in [2.05, 4.69) is 6.92 Å². The number of fused-ring (bicyclic) bond motifs is 2. The van der Waals surface area contributed by atoms with E-state index in [9.17, 15) is 19.5 Å². The molecule has 5 atom stereocenters. The van der Waals surface area contributed by atoms with E-state index in [1.54, 1.807) is 16.8 Å². The first-order valence-electron chi connectivity index (χ1n) is 12.4. The molecule has 4 aliphatic heterocycles. The topological polar surface area (TPSA) is 90.4 Å². The van der Waals surface area contributed by atoms with Crippen molar-refractivity contribution in [1.82, 2.24) is 14.7 Å². The van der Waals surface area contributed by atoms with Crippen molar-refractivity contribution in [3.05, 3.63) is 24.3 Å². The molecule has 1 spiro atoms. The van der Waals surface area contributed by atoms with E-state index in [1.807, 2.05) is 36.1 Å². The number of aliphatic hydroxyl groups excluding tert-OH is 1. The van der Waals surface area contributed by atoms with Gasteiger partial charge in [0.2, 0.25) is 17.7 Å². The third-order valence-corrected chi connectivity index (χ3v) is 7.81. The van der Waals surface area contributed by atoms with Crippen molar-refractivity contribution >= 4 is 17.7 Å². The zero-order valence-electron chi connectivity index (χ0n) is 20.0. The fourth-order valence-electron chi connectivity index (χ4n) is 6.16. The molecule has 8 heteroatoms. The lowest BCUT2D eigenvalue weighted by Gasteiger charge is -2.38. The number of likely N-dealkylation sites (tertiary alicyclic amines) is 1. The summed E-state index contributed by atoms with van der Waals surface area (Å²) in [5.41, 5.74) is -2.12. The lowest BCUT2D eigenvalue weighted by molar-refractivity contribution is -0.154. The summed E-state index contributed by atoms with van der Waals surface area (Å²) in [6.07, 6.45) is 11.6. The van der Waals surface area contributed by atoms with Gasteiger partial charge < -0.3 is 24.5 Å². The third kappa shape index (κ3) is 3.62. The number of amides is 3. The zero-order valence-corrected chi connectivity index (χ0v) is 20.0. The number of unbranched alkanes of at least 4 members (excludes halogenated alkanes) is 2. The predicted octanol–water partition coefficient (Wildman–Crippen LogP) is 1.35. The lowest BCUT2D eigenvalue weighted by Crippen LogP contribution is -2.56. The van der Waals surface area contributed by atoms with Gasteiger partial charge in [-0.25, -0.2) is 0 Å². The van der Waals surface area contributed by atoms with Crippen LogP contribution in [0, 0.1) is 11.8 Å². The number of nitrogens with zero attached hydrogens (tertiary/aromatic N) is 3. The molecule has 0 saturated carbocycles. The first-order valence-corrected chi connectivity index (χ1v) is 12.4. The largest absolute Gasteiger partial charge is 0.396 e. The van der Waals surface area contributed by atoms with Crippen LogP contribution in [0.25, 0.3) is 0 Å². The van der Waals surface area contributed by atoms with Crippen molar-refractivity contribution in [3.8, 4) is 0 Å².